The zero-order valence-corrected chi connectivity index (χ0v) is 13.1. The molecule has 1 saturated heterocycles. The Hall–Kier alpha value is -1.29. The van der Waals surface area contributed by atoms with Crippen LogP contribution in [0.2, 0.25) is 0 Å². The molecular formula is C16H28N4. The summed E-state index contributed by atoms with van der Waals surface area (Å²) in [5.74, 6) is 1.85. The van der Waals surface area contributed by atoms with Crippen molar-refractivity contribution in [2.45, 2.75) is 26.2 Å². The number of anilines is 2. The summed E-state index contributed by atoms with van der Waals surface area (Å²) in [4.78, 5) is 9.18. The Kier molecular flexibility index (Phi) is 5.65. The van der Waals surface area contributed by atoms with Gasteiger partial charge in [0.05, 0.1) is 0 Å². The highest BCUT2D eigenvalue weighted by atomic mass is 15.1. The lowest BCUT2D eigenvalue weighted by Crippen LogP contribution is -2.37. The van der Waals surface area contributed by atoms with E-state index in [1.807, 2.05) is 6.20 Å². The predicted octanol–water partition coefficient (Wildman–Crippen LogP) is 2.68. The molecule has 2 rings (SSSR count). The first kappa shape index (κ1) is 15.1. The first-order chi connectivity index (χ1) is 9.69. The molecule has 0 saturated carbocycles. The maximum Gasteiger partial charge on any atom is 0.127 e. The molecule has 4 nitrogen and oxygen atoms in total. The Morgan fingerprint density at radius 3 is 2.75 bits per heavy atom. The average Bonchev–Trinajstić information content (AvgIpc) is 2.45. The van der Waals surface area contributed by atoms with Crippen molar-refractivity contribution in [1.82, 2.24) is 9.88 Å². The van der Waals surface area contributed by atoms with E-state index in [1.165, 1.54) is 25.1 Å². The fraction of sp³-hybridized carbons (Fsp3) is 0.688. The summed E-state index contributed by atoms with van der Waals surface area (Å²) in [5, 5.41) is 3.36. The van der Waals surface area contributed by atoms with Gasteiger partial charge in [0.1, 0.15) is 5.82 Å². The smallest absolute Gasteiger partial charge is 0.127 e. The fourth-order valence-electron chi connectivity index (χ4n) is 2.86. The molecule has 0 unspecified atom stereocenters. The van der Waals surface area contributed by atoms with E-state index in [2.05, 4.69) is 53.3 Å². The maximum absolute atomic E-state index is 4.38. The minimum Gasteiger partial charge on any atom is -0.371 e. The largest absolute Gasteiger partial charge is 0.371 e. The van der Waals surface area contributed by atoms with Crippen LogP contribution in [0.15, 0.2) is 18.3 Å². The van der Waals surface area contributed by atoms with Gasteiger partial charge in [-0.3, -0.25) is 0 Å². The van der Waals surface area contributed by atoms with Crippen LogP contribution in [0.1, 0.15) is 26.2 Å². The normalized spacial score (nSPS) is 16.7. The van der Waals surface area contributed by atoms with Gasteiger partial charge in [0, 0.05) is 44.1 Å². The lowest BCUT2D eigenvalue weighted by atomic mass is 9.96. The van der Waals surface area contributed by atoms with Crippen LogP contribution in [0.25, 0.3) is 0 Å². The highest BCUT2D eigenvalue weighted by Crippen LogP contribution is 2.24. The van der Waals surface area contributed by atoms with Crippen LogP contribution in [-0.2, 0) is 0 Å². The van der Waals surface area contributed by atoms with Crippen molar-refractivity contribution >= 4 is 11.5 Å². The molecule has 112 valence electrons. The van der Waals surface area contributed by atoms with Crippen molar-refractivity contribution in [2.24, 2.45) is 5.92 Å². The van der Waals surface area contributed by atoms with Gasteiger partial charge >= 0.3 is 0 Å². The molecule has 1 aromatic heterocycles. The minimum absolute atomic E-state index is 0.848. The van der Waals surface area contributed by atoms with Crippen LogP contribution < -0.4 is 10.2 Å². The van der Waals surface area contributed by atoms with Crippen molar-refractivity contribution in [2.75, 3.05) is 50.5 Å². The van der Waals surface area contributed by atoms with Gasteiger partial charge in [-0.2, -0.15) is 0 Å². The van der Waals surface area contributed by atoms with Gasteiger partial charge in [0.15, 0.2) is 0 Å². The van der Waals surface area contributed by atoms with Gasteiger partial charge in [-0.15, -0.1) is 0 Å². The molecule has 1 aliphatic rings. The molecule has 4 heteroatoms. The predicted molar refractivity (Wildman–Crippen MR) is 86.5 cm³/mol. The van der Waals surface area contributed by atoms with Crippen LogP contribution >= 0.6 is 0 Å². The number of hydrogen-bond acceptors (Lipinski definition) is 4. The molecule has 0 bridgehead atoms. The molecule has 1 fully saturated rings. The van der Waals surface area contributed by atoms with Crippen molar-refractivity contribution in [3.63, 3.8) is 0 Å². The van der Waals surface area contributed by atoms with Gasteiger partial charge in [-0.1, -0.05) is 6.92 Å². The summed E-state index contributed by atoms with van der Waals surface area (Å²) in [6, 6.07) is 4.31. The molecular weight excluding hydrogens is 248 g/mol. The Morgan fingerprint density at radius 1 is 1.35 bits per heavy atom. The van der Waals surface area contributed by atoms with Gasteiger partial charge in [-0.25, -0.2) is 4.98 Å². The van der Waals surface area contributed by atoms with Gasteiger partial charge < -0.3 is 15.1 Å². The molecule has 1 aromatic rings. The molecule has 0 spiro atoms. The summed E-state index contributed by atoms with van der Waals surface area (Å²) < 4.78 is 0. The van der Waals surface area contributed by atoms with E-state index < -0.39 is 0 Å². The van der Waals surface area contributed by atoms with Crippen LogP contribution in [0.5, 0.6) is 0 Å². The van der Waals surface area contributed by atoms with Gasteiger partial charge in [0.2, 0.25) is 0 Å². The maximum atomic E-state index is 4.38. The number of aromatic nitrogens is 1. The van der Waals surface area contributed by atoms with Crippen LogP contribution in [-0.4, -0.2) is 50.2 Å². The van der Waals surface area contributed by atoms with E-state index in [1.54, 1.807) is 0 Å². The molecule has 0 amide bonds. The van der Waals surface area contributed by atoms with E-state index >= 15 is 0 Å². The molecule has 20 heavy (non-hydrogen) atoms. The molecule has 0 aliphatic carbocycles. The SMILES string of the molecule is CCCNc1cc(N2CCC(CN(C)C)CC2)ccn1. The second kappa shape index (κ2) is 7.48. The Balaban J connectivity index is 1.89. The van der Waals surface area contributed by atoms with Gasteiger partial charge in [-0.05, 0) is 45.3 Å². The zero-order valence-electron chi connectivity index (χ0n) is 13.1. The van der Waals surface area contributed by atoms with Crippen molar-refractivity contribution < 1.29 is 0 Å². The summed E-state index contributed by atoms with van der Waals surface area (Å²) in [5.41, 5.74) is 1.31. The molecule has 1 aliphatic heterocycles. The lowest BCUT2D eigenvalue weighted by molar-refractivity contribution is 0.285. The van der Waals surface area contributed by atoms with Crippen LogP contribution in [0.4, 0.5) is 11.5 Å². The third-order valence-electron chi connectivity index (χ3n) is 3.90. The topological polar surface area (TPSA) is 31.4 Å². The Morgan fingerprint density at radius 2 is 2.10 bits per heavy atom. The molecule has 2 heterocycles. The summed E-state index contributed by atoms with van der Waals surface area (Å²) in [6.45, 7) is 6.70. The van der Waals surface area contributed by atoms with Crippen molar-refractivity contribution in [1.29, 1.82) is 0 Å². The van der Waals surface area contributed by atoms with E-state index in [-0.39, 0.29) is 0 Å². The van der Waals surface area contributed by atoms with Crippen LogP contribution in [0, 0.1) is 5.92 Å². The number of pyridine rings is 1. The number of nitrogens with zero attached hydrogens (tertiary/aromatic N) is 3. The zero-order chi connectivity index (χ0) is 14.4. The monoisotopic (exact) mass is 276 g/mol. The standard InChI is InChI=1S/C16H28N4/c1-4-8-17-16-12-15(5-9-18-16)20-10-6-14(7-11-20)13-19(2)3/h5,9,12,14H,4,6-8,10-11,13H2,1-3H3,(H,17,18). The Bertz CT molecular complexity index is 397. The second-order valence-corrected chi connectivity index (χ2v) is 6.02. The first-order valence-corrected chi connectivity index (χ1v) is 7.78. The van der Waals surface area contributed by atoms with E-state index in [0.717, 1.165) is 37.8 Å². The third kappa shape index (κ3) is 4.37. The second-order valence-electron chi connectivity index (χ2n) is 6.02. The van der Waals surface area contributed by atoms with Crippen LogP contribution in [0.3, 0.4) is 0 Å². The van der Waals surface area contributed by atoms with E-state index in [0.29, 0.717) is 0 Å². The molecule has 0 aromatic carbocycles. The number of piperidine rings is 1. The number of hydrogen-bond donors (Lipinski definition) is 1. The molecule has 1 N–H and O–H groups in total. The molecule has 0 radical (unpaired) electrons. The van der Waals surface area contributed by atoms with Crippen molar-refractivity contribution in [3.05, 3.63) is 18.3 Å². The fourth-order valence-corrected chi connectivity index (χ4v) is 2.86. The van der Waals surface area contributed by atoms with Crippen molar-refractivity contribution in [3.8, 4) is 0 Å². The minimum atomic E-state index is 0.848. The summed E-state index contributed by atoms with van der Waals surface area (Å²) in [6.07, 6.45) is 5.62. The summed E-state index contributed by atoms with van der Waals surface area (Å²) >= 11 is 0. The Labute approximate surface area is 123 Å². The molecule has 0 atom stereocenters. The highest BCUT2D eigenvalue weighted by molar-refractivity contribution is 5.54. The summed E-state index contributed by atoms with van der Waals surface area (Å²) in [7, 11) is 4.34. The first-order valence-electron chi connectivity index (χ1n) is 7.78. The number of nitrogens with one attached hydrogen (secondary N) is 1. The average molecular weight is 276 g/mol. The van der Waals surface area contributed by atoms with E-state index in [9.17, 15) is 0 Å². The third-order valence-corrected chi connectivity index (χ3v) is 3.90. The number of rotatable bonds is 6. The lowest BCUT2D eigenvalue weighted by Gasteiger charge is -2.34. The van der Waals surface area contributed by atoms with Gasteiger partial charge in [0.25, 0.3) is 0 Å². The van der Waals surface area contributed by atoms with E-state index in [4.69, 9.17) is 0 Å². The highest BCUT2D eigenvalue weighted by Gasteiger charge is 2.20. The quantitative estimate of drug-likeness (QED) is 0.865.